The Bertz CT molecular complexity index is 694. The molecular weight excluding hydrogens is 320 g/mol. The molecule has 0 N–H and O–H groups in total. The Hall–Kier alpha value is -1.75. The predicted octanol–water partition coefficient (Wildman–Crippen LogP) is 2.54. The van der Waals surface area contributed by atoms with Crippen molar-refractivity contribution in [2.24, 2.45) is 0 Å². The highest BCUT2D eigenvalue weighted by Gasteiger charge is 2.37. The second-order valence-electron chi connectivity index (χ2n) is 6.74. The van der Waals surface area contributed by atoms with E-state index in [0.717, 1.165) is 49.6 Å². The van der Waals surface area contributed by atoms with Crippen molar-refractivity contribution in [3.05, 3.63) is 41.0 Å². The number of amides is 2. The van der Waals surface area contributed by atoms with Crippen molar-refractivity contribution in [2.45, 2.75) is 31.7 Å². The highest BCUT2D eigenvalue weighted by molar-refractivity contribution is 7.99. The first kappa shape index (κ1) is 15.8. The number of nitrogens with zero attached hydrogens (tertiary/aromatic N) is 2. The summed E-state index contributed by atoms with van der Waals surface area (Å²) in [6, 6.07) is 8.06. The number of thioether (sulfide) groups is 1. The summed E-state index contributed by atoms with van der Waals surface area (Å²) in [4.78, 5) is 29.2. The van der Waals surface area contributed by atoms with Gasteiger partial charge in [0.15, 0.2) is 0 Å². The van der Waals surface area contributed by atoms with E-state index in [0.29, 0.717) is 6.42 Å². The van der Waals surface area contributed by atoms with E-state index in [1.54, 1.807) is 11.8 Å². The van der Waals surface area contributed by atoms with E-state index in [1.807, 2.05) is 21.9 Å². The summed E-state index contributed by atoms with van der Waals surface area (Å²) in [6.45, 7) is 1.54. The highest BCUT2D eigenvalue weighted by Crippen LogP contribution is 2.29. The number of fused-ring (bicyclic) bond motifs is 1. The van der Waals surface area contributed by atoms with Gasteiger partial charge in [-0.05, 0) is 30.4 Å². The number of hydrogen-bond donors (Lipinski definition) is 0. The summed E-state index contributed by atoms with van der Waals surface area (Å²) in [5, 5.41) is 0. The van der Waals surface area contributed by atoms with Gasteiger partial charge in [0.2, 0.25) is 11.8 Å². The van der Waals surface area contributed by atoms with Crippen LogP contribution in [0.2, 0.25) is 0 Å². The average molecular weight is 342 g/mol. The molecule has 0 unspecified atom stereocenters. The van der Waals surface area contributed by atoms with Gasteiger partial charge < -0.3 is 9.80 Å². The van der Waals surface area contributed by atoms with Crippen molar-refractivity contribution in [3.63, 3.8) is 0 Å². The molecule has 1 aliphatic carbocycles. The van der Waals surface area contributed by atoms with Gasteiger partial charge in [-0.3, -0.25) is 9.59 Å². The smallest absolute Gasteiger partial charge is 0.246 e. The molecule has 3 aliphatic rings. The fourth-order valence-corrected chi connectivity index (χ4v) is 4.84. The van der Waals surface area contributed by atoms with Gasteiger partial charge in [-0.1, -0.05) is 35.9 Å². The third-order valence-electron chi connectivity index (χ3n) is 5.13. The molecule has 2 aliphatic heterocycles. The zero-order chi connectivity index (χ0) is 16.5. The summed E-state index contributed by atoms with van der Waals surface area (Å²) in [6.07, 6.45) is 5.18. The van der Waals surface area contributed by atoms with Crippen molar-refractivity contribution in [2.75, 3.05) is 24.7 Å². The van der Waals surface area contributed by atoms with Gasteiger partial charge in [0.05, 0.1) is 5.88 Å². The molecule has 0 saturated carbocycles. The minimum Gasteiger partial charge on any atom is -0.331 e. The van der Waals surface area contributed by atoms with Crippen LogP contribution in [0, 0.1) is 0 Å². The summed E-state index contributed by atoms with van der Waals surface area (Å²) in [7, 11) is 0. The van der Waals surface area contributed by atoms with Gasteiger partial charge in [-0.25, -0.2) is 0 Å². The quantitative estimate of drug-likeness (QED) is 0.848. The average Bonchev–Trinajstić information content (AvgIpc) is 3.32. The summed E-state index contributed by atoms with van der Waals surface area (Å²) >= 11 is 1.79. The van der Waals surface area contributed by atoms with Crippen LogP contribution in [0.3, 0.4) is 0 Å². The lowest BCUT2D eigenvalue weighted by molar-refractivity contribution is -0.142. The molecule has 24 heavy (non-hydrogen) atoms. The van der Waals surface area contributed by atoms with Crippen LogP contribution in [0.15, 0.2) is 29.8 Å². The van der Waals surface area contributed by atoms with Gasteiger partial charge in [-0.15, -0.1) is 11.8 Å². The van der Waals surface area contributed by atoms with Gasteiger partial charge in [0, 0.05) is 25.3 Å². The van der Waals surface area contributed by atoms with Gasteiger partial charge in [0.25, 0.3) is 0 Å². The van der Waals surface area contributed by atoms with E-state index in [-0.39, 0.29) is 17.9 Å². The van der Waals surface area contributed by atoms with E-state index in [2.05, 4.69) is 18.2 Å². The van der Waals surface area contributed by atoms with Crippen molar-refractivity contribution < 1.29 is 9.59 Å². The largest absolute Gasteiger partial charge is 0.331 e. The second-order valence-corrected chi connectivity index (χ2v) is 7.81. The molecule has 2 saturated heterocycles. The molecule has 0 radical (unpaired) electrons. The monoisotopic (exact) mass is 342 g/mol. The minimum atomic E-state index is -0.236. The normalized spacial score (nSPS) is 22.7. The summed E-state index contributed by atoms with van der Waals surface area (Å²) in [5.74, 6) is 2.04. The number of carbonyl (C=O) groups is 2. The van der Waals surface area contributed by atoms with Crippen LogP contribution in [-0.4, -0.2) is 52.4 Å². The Morgan fingerprint density at radius 3 is 2.88 bits per heavy atom. The Morgan fingerprint density at radius 2 is 2.08 bits per heavy atom. The molecular formula is C19H22N2O2S. The Morgan fingerprint density at radius 1 is 1.21 bits per heavy atom. The number of benzene rings is 1. The first-order chi connectivity index (χ1) is 11.7. The molecule has 2 heterocycles. The van der Waals surface area contributed by atoms with Gasteiger partial charge in [-0.2, -0.15) is 0 Å². The maximum Gasteiger partial charge on any atom is 0.246 e. The lowest BCUT2D eigenvalue weighted by atomic mass is 10.1. The molecule has 1 atom stereocenters. The van der Waals surface area contributed by atoms with Crippen LogP contribution in [0.4, 0.5) is 0 Å². The number of rotatable bonds is 3. The maximum absolute atomic E-state index is 12.8. The topological polar surface area (TPSA) is 40.6 Å². The molecule has 1 aromatic rings. The standard InChI is InChI=1S/C19H22N2O2S/c22-18(12-14-10-15-4-1-2-5-16(15)11-14)21-7-3-6-17(21)19(23)20-8-9-24-13-20/h1-2,4-5,10,17H,3,6-9,11-13H2/t17-/m0/s1. The van der Waals surface area contributed by atoms with Crippen LogP contribution in [0.5, 0.6) is 0 Å². The Kier molecular flexibility index (Phi) is 4.35. The Labute approximate surface area is 146 Å². The van der Waals surface area contributed by atoms with Crippen LogP contribution in [-0.2, 0) is 16.0 Å². The van der Waals surface area contributed by atoms with Crippen molar-refractivity contribution in [3.8, 4) is 0 Å². The Balaban J connectivity index is 1.42. The maximum atomic E-state index is 12.8. The van der Waals surface area contributed by atoms with E-state index >= 15 is 0 Å². The number of hydrogen-bond acceptors (Lipinski definition) is 3. The van der Waals surface area contributed by atoms with Crippen molar-refractivity contribution in [1.29, 1.82) is 0 Å². The predicted molar refractivity (Wildman–Crippen MR) is 96.5 cm³/mol. The lowest BCUT2D eigenvalue weighted by Crippen LogP contribution is -2.47. The zero-order valence-corrected chi connectivity index (χ0v) is 14.6. The summed E-state index contributed by atoms with van der Waals surface area (Å²) < 4.78 is 0. The first-order valence-electron chi connectivity index (χ1n) is 8.66. The molecule has 1 aromatic carbocycles. The lowest BCUT2D eigenvalue weighted by Gasteiger charge is -2.27. The number of carbonyl (C=O) groups excluding carboxylic acids is 2. The molecule has 4 nitrogen and oxygen atoms in total. The molecule has 0 bridgehead atoms. The highest BCUT2D eigenvalue weighted by atomic mass is 32.2. The molecule has 2 amide bonds. The summed E-state index contributed by atoms with van der Waals surface area (Å²) in [5.41, 5.74) is 3.68. The third kappa shape index (κ3) is 2.97. The first-order valence-corrected chi connectivity index (χ1v) is 9.81. The van der Waals surface area contributed by atoms with E-state index in [1.165, 1.54) is 11.1 Å². The zero-order valence-electron chi connectivity index (χ0n) is 13.7. The number of likely N-dealkylation sites (tertiary alicyclic amines) is 1. The minimum absolute atomic E-state index is 0.108. The van der Waals surface area contributed by atoms with E-state index in [4.69, 9.17) is 0 Å². The van der Waals surface area contributed by atoms with Crippen LogP contribution >= 0.6 is 11.8 Å². The second kappa shape index (κ2) is 6.63. The van der Waals surface area contributed by atoms with Crippen LogP contribution in [0.25, 0.3) is 6.08 Å². The fourth-order valence-electron chi connectivity index (χ4n) is 3.88. The molecule has 0 spiro atoms. The van der Waals surface area contributed by atoms with Crippen LogP contribution < -0.4 is 0 Å². The molecule has 4 rings (SSSR count). The van der Waals surface area contributed by atoms with Gasteiger partial charge >= 0.3 is 0 Å². The SMILES string of the molecule is O=C([C@@H]1CCCN1C(=O)CC1=Cc2ccccc2C1)N1CCSC1. The third-order valence-corrected chi connectivity index (χ3v) is 6.10. The molecule has 126 valence electrons. The van der Waals surface area contributed by atoms with E-state index < -0.39 is 0 Å². The molecule has 0 aromatic heterocycles. The van der Waals surface area contributed by atoms with Crippen molar-refractivity contribution in [1.82, 2.24) is 9.80 Å². The van der Waals surface area contributed by atoms with Gasteiger partial charge in [0.1, 0.15) is 6.04 Å². The van der Waals surface area contributed by atoms with Crippen LogP contribution in [0.1, 0.15) is 30.4 Å². The molecule has 2 fully saturated rings. The molecule has 5 heteroatoms. The van der Waals surface area contributed by atoms with E-state index in [9.17, 15) is 9.59 Å². The fraction of sp³-hybridized carbons (Fsp3) is 0.474. The van der Waals surface area contributed by atoms with Crippen molar-refractivity contribution >= 4 is 29.7 Å².